The van der Waals surface area contributed by atoms with E-state index in [4.69, 9.17) is 4.42 Å². The normalized spacial score (nSPS) is 14.4. The summed E-state index contributed by atoms with van der Waals surface area (Å²) in [7, 11) is 0. The van der Waals surface area contributed by atoms with Gasteiger partial charge in [0.05, 0.1) is 11.1 Å². The molecule has 11 rings (SSSR count). The van der Waals surface area contributed by atoms with Gasteiger partial charge in [0.25, 0.3) is 0 Å². The lowest BCUT2D eigenvalue weighted by Gasteiger charge is -2.36. The van der Waals surface area contributed by atoms with Crippen LogP contribution in [0.4, 0.5) is 17.1 Å². The first-order valence-corrected chi connectivity index (χ1v) is 19.3. The number of para-hydroxylation sites is 1. The minimum atomic E-state index is -0.462. The van der Waals surface area contributed by atoms with E-state index in [1.807, 2.05) is 0 Å². The molecule has 9 aromatic rings. The summed E-state index contributed by atoms with van der Waals surface area (Å²) in [6.45, 7) is 7.15. The van der Waals surface area contributed by atoms with E-state index >= 15 is 0 Å². The summed E-state index contributed by atoms with van der Waals surface area (Å²) in [5.74, 6) is 0. The molecule has 262 valence electrons. The van der Waals surface area contributed by atoms with E-state index in [2.05, 4.69) is 208 Å². The average molecular weight is 706 g/mol. The zero-order valence-corrected chi connectivity index (χ0v) is 31.2. The van der Waals surface area contributed by atoms with Gasteiger partial charge in [-0.1, -0.05) is 159 Å². The number of hydrogen-bond donors (Lipinski definition) is 0. The average Bonchev–Trinajstić information content (AvgIpc) is 3.82. The summed E-state index contributed by atoms with van der Waals surface area (Å²) in [5, 5.41) is 2.22. The predicted octanol–water partition coefficient (Wildman–Crippen LogP) is 14.4. The molecule has 0 saturated carbocycles. The van der Waals surface area contributed by atoms with E-state index in [1.165, 1.54) is 61.2 Å². The number of rotatable bonds is 5. The van der Waals surface area contributed by atoms with Gasteiger partial charge in [0.15, 0.2) is 0 Å². The molecule has 0 spiro atoms. The standard InChI is InChI=1S/C53H39NO/c1-52(2)43-24-11-7-20-38(43)41-29-28-37(33-47(41)52)54(36-19-15-18-35(32-36)34-16-5-4-6-17-34)51-46(30-31-49-50(51)42-23-10-14-27-48(42)55-49)53(3)44-25-12-8-21-39(44)40-22-9-13-26-45(40)53/h4-33H,1-3H3. The van der Waals surface area contributed by atoms with E-state index in [0.717, 1.165) is 39.0 Å². The Kier molecular flexibility index (Phi) is 6.76. The molecule has 8 aromatic carbocycles. The summed E-state index contributed by atoms with van der Waals surface area (Å²) < 4.78 is 6.72. The van der Waals surface area contributed by atoms with Crippen LogP contribution >= 0.6 is 0 Å². The first-order valence-electron chi connectivity index (χ1n) is 19.3. The van der Waals surface area contributed by atoms with E-state index < -0.39 is 5.41 Å². The van der Waals surface area contributed by atoms with E-state index in [0.29, 0.717) is 0 Å². The van der Waals surface area contributed by atoms with Crippen LogP contribution in [-0.2, 0) is 10.8 Å². The molecule has 2 heteroatoms. The monoisotopic (exact) mass is 705 g/mol. The maximum atomic E-state index is 6.72. The molecule has 0 amide bonds. The van der Waals surface area contributed by atoms with Crippen LogP contribution in [0, 0.1) is 0 Å². The molecular weight excluding hydrogens is 667 g/mol. The summed E-state index contributed by atoms with van der Waals surface area (Å²) in [6, 6.07) is 66.8. The van der Waals surface area contributed by atoms with Gasteiger partial charge >= 0.3 is 0 Å². The first kappa shape index (κ1) is 31.8. The van der Waals surface area contributed by atoms with Gasteiger partial charge < -0.3 is 9.32 Å². The van der Waals surface area contributed by atoms with Crippen molar-refractivity contribution in [3.05, 3.63) is 210 Å². The van der Waals surface area contributed by atoms with Crippen molar-refractivity contribution in [3.63, 3.8) is 0 Å². The highest BCUT2D eigenvalue weighted by Gasteiger charge is 2.44. The van der Waals surface area contributed by atoms with Crippen LogP contribution in [0.25, 0.3) is 55.3 Å². The Labute approximate surface area is 322 Å². The second kappa shape index (κ2) is 11.7. The van der Waals surface area contributed by atoms with Gasteiger partial charge in [0.1, 0.15) is 11.2 Å². The van der Waals surface area contributed by atoms with Crippen molar-refractivity contribution in [1.82, 2.24) is 0 Å². The summed E-state index contributed by atoms with van der Waals surface area (Å²) in [6.07, 6.45) is 0. The fraction of sp³-hybridized carbons (Fsp3) is 0.0943. The fourth-order valence-corrected chi connectivity index (χ4v) is 9.87. The Balaban J connectivity index is 1.27. The predicted molar refractivity (Wildman–Crippen MR) is 229 cm³/mol. The SMILES string of the molecule is CC1(C)c2ccccc2-c2ccc(N(c3cccc(-c4ccccc4)c3)c3c(C4(C)c5ccccc5-c5ccccc54)ccc4oc5ccccc5c34)cc21. The molecule has 0 atom stereocenters. The third kappa shape index (κ3) is 4.49. The minimum absolute atomic E-state index is 0.161. The number of furan rings is 1. The number of benzene rings is 8. The Morgan fingerprint density at radius 2 is 0.982 bits per heavy atom. The maximum absolute atomic E-state index is 6.72. The van der Waals surface area contributed by atoms with Gasteiger partial charge in [0, 0.05) is 27.6 Å². The highest BCUT2D eigenvalue weighted by molar-refractivity contribution is 6.15. The van der Waals surface area contributed by atoms with Gasteiger partial charge in [-0.15, -0.1) is 0 Å². The largest absolute Gasteiger partial charge is 0.456 e. The Morgan fingerprint density at radius 1 is 0.400 bits per heavy atom. The topological polar surface area (TPSA) is 16.4 Å². The molecule has 2 aliphatic carbocycles. The third-order valence-corrected chi connectivity index (χ3v) is 12.5. The lowest BCUT2D eigenvalue weighted by molar-refractivity contribution is 0.660. The number of fused-ring (bicyclic) bond motifs is 9. The van der Waals surface area contributed by atoms with E-state index in [-0.39, 0.29) is 5.41 Å². The summed E-state index contributed by atoms with van der Waals surface area (Å²) in [5.41, 5.74) is 18.6. The molecule has 0 saturated heterocycles. The number of anilines is 3. The summed E-state index contributed by atoms with van der Waals surface area (Å²) >= 11 is 0. The second-order valence-electron chi connectivity index (χ2n) is 15.8. The Hall–Kier alpha value is -6.64. The molecule has 0 radical (unpaired) electrons. The number of hydrogen-bond acceptors (Lipinski definition) is 2. The molecular formula is C53H39NO. The van der Waals surface area contributed by atoms with Crippen LogP contribution < -0.4 is 4.90 Å². The molecule has 1 heterocycles. The van der Waals surface area contributed by atoms with Crippen molar-refractivity contribution >= 4 is 39.0 Å². The van der Waals surface area contributed by atoms with Crippen molar-refractivity contribution in [3.8, 4) is 33.4 Å². The van der Waals surface area contributed by atoms with Gasteiger partial charge in [-0.05, 0) is 105 Å². The van der Waals surface area contributed by atoms with Crippen LogP contribution in [0.15, 0.2) is 186 Å². The van der Waals surface area contributed by atoms with Crippen LogP contribution in [0.5, 0.6) is 0 Å². The molecule has 0 unspecified atom stereocenters. The molecule has 55 heavy (non-hydrogen) atoms. The molecule has 0 N–H and O–H groups in total. The fourth-order valence-electron chi connectivity index (χ4n) is 9.87. The Bertz CT molecular complexity index is 2940. The van der Waals surface area contributed by atoms with Gasteiger partial charge in [-0.3, -0.25) is 0 Å². The van der Waals surface area contributed by atoms with Crippen molar-refractivity contribution in [2.24, 2.45) is 0 Å². The molecule has 2 nitrogen and oxygen atoms in total. The molecule has 2 aliphatic rings. The van der Waals surface area contributed by atoms with Crippen molar-refractivity contribution in [1.29, 1.82) is 0 Å². The first-order chi connectivity index (χ1) is 26.9. The lowest BCUT2D eigenvalue weighted by atomic mass is 9.72. The van der Waals surface area contributed by atoms with E-state index in [9.17, 15) is 0 Å². The van der Waals surface area contributed by atoms with Crippen LogP contribution in [0.1, 0.15) is 48.6 Å². The van der Waals surface area contributed by atoms with Crippen molar-refractivity contribution < 1.29 is 4.42 Å². The molecule has 1 aromatic heterocycles. The molecule has 0 fully saturated rings. The smallest absolute Gasteiger partial charge is 0.137 e. The zero-order chi connectivity index (χ0) is 36.9. The minimum Gasteiger partial charge on any atom is -0.456 e. The molecule has 0 bridgehead atoms. The highest BCUT2D eigenvalue weighted by atomic mass is 16.3. The summed E-state index contributed by atoms with van der Waals surface area (Å²) in [4.78, 5) is 2.53. The van der Waals surface area contributed by atoms with Crippen molar-refractivity contribution in [2.45, 2.75) is 31.6 Å². The zero-order valence-electron chi connectivity index (χ0n) is 31.2. The third-order valence-electron chi connectivity index (χ3n) is 12.5. The quantitative estimate of drug-likeness (QED) is 0.177. The Morgan fingerprint density at radius 3 is 1.73 bits per heavy atom. The second-order valence-corrected chi connectivity index (χ2v) is 15.8. The highest BCUT2D eigenvalue weighted by Crippen LogP contribution is 2.58. The van der Waals surface area contributed by atoms with Gasteiger partial charge in [0.2, 0.25) is 0 Å². The van der Waals surface area contributed by atoms with Gasteiger partial charge in [-0.2, -0.15) is 0 Å². The maximum Gasteiger partial charge on any atom is 0.137 e. The van der Waals surface area contributed by atoms with E-state index in [1.54, 1.807) is 0 Å². The van der Waals surface area contributed by atoms with Crippen LogP contribution in [0.3, 0.4) is 0 Å². The van der Waals surface area contributed by atoms with Crippen molar-refractivity contribution in [2.75, 3.05) is 4.90 Å². The van der Waals surface area contributed by atoms with Gasteiger partial charge in [-0.25, -0.2) is 0 Å². The molecule has 0 aliphatic heterocycles. The van der Waals surface area contributed by atoms with Crippen LogP contribution in [-0.4, -0.2) is 0 Å². The van der Waals surface area contributed by atoms with Crippen LogP contribution in [0.2, 0.25) is 0 Å². The number of nitrogens with zero attached hydrogens (tertiary/aromatic N) is 1. The lowest BCUT2D eigenvalue weighted by Crippen LogP contribution is -2.26.